The number of halogens is 1. The predicted octanol–water partition coefficient (Wildman–Crippen LogP) is 4.02. The minimum Gasteiger partial charge on any atom is -0.481 e. The van der Waals surface area contributed by atoms with Gasteiger partial charge in [-0.05, 0) is 43.2 Å². The molecule has 8 nitrogen and oxygen atoms in total. The molecule has 2 aromatic carbocycles. The van der Waals surface area contributed by atoms with Gasteiger partial charge in [-0.3, -0.25) is 4.79 Å². The molecule has 160 valence electrons. The summed E-state index contributed by atoms with van der Waals surface area (Å²) in [6, 6.07) is 9.41. The maximum absolute atomic E-state index is 11.3. The van der Waals surface area contributed by atoms with Crippen molar-refractivity contribution in [2.24, 2.45) is 5.92 Å². The Morgan fingerprint density at radius 3 is 2.68 bits per heavy atom. The molecule has 1 fully saturated rings. The molecule has 0 atom stereocenters. The van der Waals surface area contributed by atoms with Gasteiger partial charge in [-0.15, -0.1) is 0 Å². The molecule has 1 aromatic heterocycles. The molecule has 2 N–H and O–H groups in total. The third kappa shape index (κ3) is 3.46. The number of hydrogen-bond donors (Lipinski definition) is 2. The SMILES string of the molecule is CNc1c(Cl)ccc2nc(N3CCC(C(=O)O)CC3)nc(-c3ccc4c(c3)OCO4)c12. The van der Waals surface area contributed by atoms with E-state index in [0.717, 1.165) is 27.8 Å². The van der Waals surface area contributed by atoms with Crippen molar-refractivity contribution in [3.63, 3.8) is 0 Å². The Balaban J connectivity index is 1.65. The number of carboxylic acids is 1. The van der Waals surface area contributed by atoms with Crippen LogP contribution in [-0.2, 0) is 4.79 Å². The fraction of sp³-hybridized carbons (Fsp3) is 0.318. The molecule has 5 rings (SSSR count). The number of piperidine rings is 1. The first kappa shape index (κ1) is 19.7. The van der Waals surface area contributed by atoms with E-state index in [1.165, 1.54) is 0 Å². The van der Waals surface area contributed by atoms with Gasteiger partial charge in [-0.1, -0.05) is 11.6 Å². The van der Waals surface area contributed by atoms with Gasteiger partial charge in [0.25, 0.3) is 0 Å². The number of anilines is 2. The summed E-state index contributed by atoms with van der Waals surface area (Å²) < 4.78 is 11.0. The van der Waals surface area contributed by atoms with Crippen molar-refractivity contribution in [2.75, 3.05) is 37.1 Å². The largest absolute Gasteiger partial charge is 0.481 e. The highest BCUT2D eigenvalue weighted by atomic mass is 35.5. The molecule has 0 radical (unpaired) electrons. The normalized spacial score (nSPS) is 16.0. The van der Waals surface area contributed by atoms with Crippen molar-refractivity contribution in [2.45, 2.75) is 12.8 Å². The van der Waals surface area contributed by atoms with Crippen LogP contribution in [0.3, 0.4) is 0 Å². The van der Waals surface area contributed by atoms with Crippen LogP contribution in [0.25, 0.3) is 22.2 Å². The van der Waals surface area contributed by atoms with E-state index in [2.05, 4.69) is 5.32 Å². The second-order valence-electron chi connectivity index (χ2n) is 7.61. The lowest BCUT2D eigenvalue weighted by Gasteiger charge is -2.30. The number of benzene rings is 2. The molecule has 31 heavy (non-hydrogen) atoms. The molecule has 2 aliphatic heterocycles. The number of rotatable bonds is 4. The van der Waals surface area contributed by atoms with Gasteiger partial charge in [-0.25, -0.2) is 9.97 Å². The molecule has 0 aliphatic carbocycles. The number of carbonyl (C=O) groups is 1. The van der Waals surface area contributed by atoms with Crippen molar-refractivity contribution < 1.29 is 19.4 Å². The zero-order valence-electron chi connectivity index (χ0n) is 16.9. The number of aliphatic carboxylic acids is 1. The van der Waals surface area contributed by atoms with E-state index in [4.69, 9.17) is 31.0 Å². The Morgan fingerprint density at radius 1 is 1.16 bits per heavy atom. The zero-order chi connectivity index (χ0) is 21.5. The molecule has 0 bridgehead atoms. The van der Waals surface area contributed by atoms with Gasteiger partial charge in [0.1, 0.15) is 0 Å². The van der Waals surface area contributed by atoms with Gasteiger partial charge in [0.2, 0.25) is 12.7 Å². The molecule has 1 saturated heterocycles. The monoisotopic (exact) mass is 440 g/mol. The van der Waals surface area contributed by atoms with Crippen LogP contribution in [0.4, 0.5) is 11.6 Å². The lowest BCUT2D eigenvalue weighted by Crippen LogP contribution is -2.37. The molecule has 0 unspecified atom stereocenters. The number of nitrogens with one attached hydrogen (secondary N) is 1. The van der Waals surface area contributed by atoms with Gasteiger partial charge in [0.05, 0.1) is 33.2 Å². The second kappa shape index (κ2) is 7.77. The van der Waals surface area contributed by atoms with E-state index in [-0.39, 0.29) is 12.7 Å². The van der Waals surface area contributed by atoms with Gasteiger partial charge < -0.3 is 24.8 Å². The standard InChI is InChI=1S/C22H21ClN4O4/c1-24-20-14(23)3-4-15-18(20)19(13-2-5-16-17(10-13)31-11-30-16)26-22(25-15)27-8-6-12(7-9-27)21(28)29/h2-5,10,12,24H,6-9,11H2,1H3,(H,28,29). The molecular weight excluding hydrogens is 420 g/mol. The summed E-state index contributed by atoms with van der Waals surface area (Å²) in [5.74, 6) is 0.882. The van der Waals surface area contributed by atoms with Crippen LogP contribution < -0.4 is 19.7 Å². The van der Waals surface area contributed by atoms with Gasteiger partial charge >= 0.3 is 5.97 Å². The van der Waals surface area contributed by atoms with Crippen molar-refractivity contribution in [3.8, 4) is 22.8 Å². The Morgan fingerprint density at radius 2 is 1.94 bits per heavy atom. The summed E-state index contributed by atoms with van der Waals surface area (Å²) in [6.45, 7) is 1.38. The van der Waals surface area contributed by atoms with E-state index >= 15 is 0 Å². The summed E-state index contributed by atoms with van der Waals surface area (Å²) in [6.07, 6.45) is 1.14. The van der Waals surface area contributed by atoms with Gasteiger partial charge in [-0.2, -0.15) is 0 Å². The van der Waals surface area contributed by atoms with Crippen LogP contribution in [0, 0.1) is 5.92 Å². The van der Waals surface area contributed by atoms with E-state index in [1.54, 1.807) is 0 Å². The fourth-order valence-electron chi connectivity index (χ4n) is 4.15. The van der Waals surface area contributed by atoms with Crippen molar-refractivity contribution in [1.82, 2.24) is 9.97 Å². The third-order valence-corrected chi connectivity index (χ3v) is 6.14. The molecule has 9 heteroatoms. The van der Waals surface area contributed by atoms with Crippen molar-refractivity contribution in [3.05, 3.63) is 35.4 Å². The summed E-state index contributed by atoms with van der Waals surface area (Å²) in [7, 11) is 1.81. The van der Waals surface area contributed by atoms with Crippen LogP contribution in [0.15, 0.2) is 30.3 Å². The minimum atomic E-state index is -0.742. The van der Waals surface area contributed by atoms with E-state index in [0.29, 0.717) is 48.4 Å². The first-order valence-electron chi connectivity index (χ1n) is 10.1. The molecule has 3 heterocycles. The third-order valence-electron chi connectivity index (χ3n) is 5.82. The lowest BCUT2D eigenvalue weighted by atomic mass is 9.97. The van der Waals surface area contributed by atoms with Crippen LogP contribution in [0.2, 0.25) is 5.02 Å². The van der Waals surface area contributed by atoms with Crippen LogP contribution >= 0.6 is 11.6 Å². The average Bonchev–Trinajstić information content (AvgIpc) is 3.26. The molecule has 2 aliphatic rings. The van der Waals surface area contributed by atoms with Crippen LogP contribution in [-0.4, -0.2) is 48.0 Å². The summed E-state index contributed by atoms with van der Waals surface area (Å²) in [5, 5.41) is 13.9. The Labute approximate surface area is 183 Å². The molecule has 3 aromatic rings. The Bertz CT molecular complexity index is 1180. The van der Waals surface area contributed by atoms with Crippen molar-refractivity contribution >= 4 is 40.1 Å². The predicted molar refractivity (Wildman–Crippen MR) is 118 cm³/mol. The second-order valence-corrected chi connectivity index (χ2v) is 8.01. The summed E-state index contributed by atoms with van der Waals surface area (Å²) in [4.78, 5) is 23.1. The topological polar surface area (TPSA) is 96.8 Å². The first-order valence-corrected chi connectivity index (χ1v) is 10.5. The number of fused-ring (bicyclic) bond motifs is 2. The number of carboxylic acid groups (broad SMARTS) is 1. The number of hydrogen-bond acceptors (Lipinski definition) is 7. The van der Waals surface area contributed by atoms with E-state index in [1.807, 2.05) is 42.3 Å². The maximum atomic E-state index is 11.3. The number of ether oxygens (including phenoxy) is 2. The van der Waals surface area contributed by atoms with E-state index in [9.17, 15) is 9.90 Å². The Hall–Kier alpha value is -3.26. The molecule has 0 saturated carbocycles. The van der Waals surface area contributed by atoms with Gasteiger partial charge in [0.15, 0.2) is 11.5 Å². The summed E-state index contributed by atoms with van der Waals surface area (Å²) >= 11 is 6.46. The van der Waals surface area contributed by atoms with Crippen LogP contribution in [0.5, 0.6) is 11.5 Å². The van der Waals surface area contributed by atoms with Crippen molar-refractivity contribution in [1.29, 1.82) is 0 Å². The quantitative estimate of drug-likeness (QED) is 0.627. The summed E-state index contributed by atoms with van der Waals surface area (Å²) in [5.41, 5.74) is 3.09. The minimum absolute atomic E-state index is 0.195. The number of nitrogens with zero attached hydrogens (tertiary/aromatic N) is 3. The molecule has 0 amide bonds. The fourth-order valence-corrected chi connectivity index (χ4v) is 4.40. The average molecular weight is 441 g/mol. The lowest BCUT2D eigenvalue weighted by molar-refractivity contribution is -0.142. The van der Waals surface area contributed by atoms with Gasteiger partial charge in [0, 0.05) is 25.7 Å². The van der Waals surface area contributed by atoms with E-state index < -0.39 is 5.97 Å². The molecule has 0 spiro atoms. The highest BCUT2D eigenvalue weighted by Gasteiger charge is 2.27. The highest BCUT2D eigenvalue weighted by Crippen LogP contribution is 2.41. The number of aromatic nitrogens is 2. The zero-order valence-corrected chi connectivity index (χ0v) is 17.6. The van der Waals surface area contributed by atoms with Crippen LogP contribution in [0.1, 0.15) is 12.8 Å². The highest BCUT2D eigenvalue weighted by molar-refractivity contribution is 6.35. The maximum Gasteiger partial charge on any atom is 0.306 e. The smallest absolute Gasteiger partial charge is 0.306 e. The Kier molecular flexibility index (Phi) is 4.94. The first-order chi connectivity index (χ1) is 15.0. The molecular formula is C22H21ClN4O4.